The lowest BCUT2D eigenvalue weighted by atomic mass is 9.99. The number of carbonyl (C=O) groups is 1. The van der Waals surface area contributed by atoms with Gasteiger partial charge in [-0.25, -0.2) is 0 Å². The highest BCUT2D eigenvalue weighted by Crippen LogP contribution is 2.24. The van der Waals surface area contributed by atoms with E-state index in [9.17, 15) is 4.79 Å². The van der Waals surface area contributed by atoms with Crippen molar-refractivity contribution in [2.75, 3.05) is 16.4 Å². The van der Waals surface area contributed by atoms with Crippen LogP contribution in [0.3, 0.4) is 0 Å². The summed E-state index contributed by atoms with van der Waals surface area (Å²) >= 11 is 1.26. The first-order valence-electron chi connectivity index (χ1n) is 13.0. The Balaban J connectivity index is 1.34. The Bertz CT molecular complexity index is 1440. The number of thioether (sulfide) groups is 1. The number of carbonyl (C=O) groups excluding carboxylic acids is 1. The van der Waals surface area contributed by atoms with Crippen LogP contribution in [0.15, 0.2) is 114 Å². The van der Waals surface area contributed by atoms with E-state index in [4.69, 9.17) is 0 Å². The Kier molecular flexibility index (Phi) is 8.68. The van der Waals surface area contributed by atoms with E-state index in [1.165, 1.54) is 11.8 Å². The van der Waals surface area contributed by atoms with Crippen LogP contribution in [-0.2, 0) is 4.79 Å². The van der Waals surface area contributed by atoms with Crippen molar-refractivity contribution in [2.24, 2.45) is 0 Å². The Morgan fingerprint density at radius 3 is 1.55 bits per heavy atom. The van der Waals surface area contributed by atoms with Crippen molar-refractivity contribution in [2.45, 2.75) is 25.0 Å². The van der Waals surface area contributed by atoms with Crippen LogP contribution in [0.1, 0.15) is 28.3 Å². The predicted octanol–water partition coefficient (Wildman–Crippen LogP) is 6.97. The molecular weight excluding hydrogens is 516 g/mol. The molecule has 0 aliphatic carbocycles. The number of aryl methyl sites for hydroxylation is 2. The van der Waals surface area contributed by atoms with Gasteiger partial charge in [0.05, 0.1) is 11.8 Å². The number of anilines is 4. The number of rotatable bonds is 10. The number of nitrogens with zero attached hydrogens (tertiary/aromatic N) is 3. The molecule has 4 aromatic carbocycles. The molecule has 7 nitrogen and oxygen atoms in total. The van der Waals surface area contributed by atoms with Crippen molar-refractivity contribution in [1.29, 1.82) is 0 Å². The van der Waals surface area contributed by atoms with E-state index in [0.29, 0.717) is 17.1 Å². The topological polar surface area (TPSA) is 91.8 Å². The largest absolute Gasteiger partial charge is 0.344 e. The Morgan fingerprint density at radius 1 is 0.650 bits per heavy atom. The maximum atomic E-state index is 13.2. The van der Waals surface area contributed by atoms with Crippen molar-refractivity contribution in [3.63, 3.8) is 0 Å². The molecule has 0 saturated carbocycles. The third-order valence-corrected chi connectivity index (χ3v) is 6.98. The summed E-state index contributed by atoms with van der Waals surface area (Å²) in [5.74, 6) is 0.809. The minimum Gasteiger partial charge on any atom is -0.344 e. The van der Waals surface area contributed by atoms with Gasteiger partial charge in [-0.1, -0.05) is 108 Å². The lowest BCUT2D eigenvalue weighted by Crippen LogP contribution is -2.30. The summed E-state index contributed by atoms with van der Waals surface area (Å²) in [7, 11) is 0. The van der Waals surface area contributed by atoms with Crippen LogP contribution in [0.4, 0.5) is 23.3 Å². The molecule has 0 fully saturated rings. The van der Waals surface area contributed by atoms with Crippen molar-refractivity contribution in [3.05, 3.63) is 131 Å². The number of aromatic nitrogens is 3. The van der Waals surface area contributed by atoms with Crippen molar-refractivity contribution < 1.29 is 4.79 Å². The predicted molar refractivity (Wildman–Crippen MR) is 162 cm³/mol. The molecular formula is C32H30N6OS. The molecule has 1 amide bonds. The Hall–Kier alpha value is -4.69. The Morgan fingerprint density at radius 2 is 1.10 bits per heavy atom. The fourth-order valence-electron chi connectivity index (χ4n) is 4.05. The minimum absolute atomic E-state index is 0.121. The average Bonchev–Trinajstić information content (AvgIpc) is 2.98. The van der Waals surface area contributed by atoms with Crippen LogP contribution in [-0.4, -0.2) is 26.6 Å². The first kappa shape index (κ1) is 26.9. The highest BCUT2D eigenvalue weighted by molar-refractivity contribution is 7.99. The van der Waals surface area contributed by atoms with Gasteiger partial charge in [0, 0.05) is 11.4 Å². The highest BCUT2D eigenvalue weighted by atomic mass is 32.2. The van der Waals surface area contributed by atoms with Gasteiger partial charge in [0.2, 0.25) is 17.8 Å². The first-order chi connectivity index (χ1) is 19.5. The van der Waals surface area contributed by atoms with Gasteiger partial charge in [-0.05, 0) is 49.2 Å². The highest BCUT2D eigenvalue weighted by Gasteiger charge is 2.18. The number of hydrogen-bond acceptors (Lipinski definition) is 7. The average molecular weight is 547 g/mol. The second kappa shape index (κ2) is 12.9. The number of benzene rings is 4. The van der Waals surface area contributed by atoms with Gasteiger partial charge in [0.15, 0.2) is 5.16 Å². The zero-order chi connectivity index (χ0) is 27.7. The number of amides is 1. The van der Waals surface area contributed by atoms with E-state index in [1.807, 2.05) is 123 Å². The lowest BCUT2D eigenvalue weighted by Gasteiger charge is -2.19. The van der Waals surface area contributed by atoms with E-state index in [2.05, 4.69) is 30.9 Å². The molecule has 1 heterocycles. The summed E-state index contributed by atoms with van der Waals surface area (Å²) in [6.07, 6.45) is 0. The molecule has 0 atom stereocenters. The summed E-state index contributed by atoms with van der Waals surface area (Å²) in [6, 6.07) is 35.6. The molecule has 0 bridgehead atoms. The van der Waals surface area contributed by atoms with Gasteiger partial charge in [-0.2, -0.15) is 15.0 Å². The van der Waals surface area contributed by atoms with Gasteiger partial charge in [-0.3, -0.25) is 4.79 Å². The molecule has 0 unspecified atom stereocenters. The van der Waals surface area contributed by atoms with Crippen LogP contribution in [0.25, 0.3) is 0 Å². The SMILES string of the molecule is Cc1ccc(Nc2nc(Nc3ccc(C)cc3)nc(SCC(=O)NC(c3ccccc3)c3ccccc3)n2)cc1. The molecule has 1 aromatic heterocycles. The normalized spacial score (nSPS) is 10.8. The monoisotopic (exact) mass is 546 g/mol. The third kappa shape index (κ3) is 7.45. The fraction of sp³-hybridized carbons (Fsp3) is 0.125. The Labute approximate surface area is 238 Å². The van der Waals surface area contributed by atoms with Crippen LogP contribution < -0.4 is 16.0 Å². The number of nitrogens with one attached hydrogen (secondary N) is 3. The molecule has 3 N–H and O–H groups in total. The lowest BCUT2D eigenvalue weighted by molar-refractivity contribution is -0.119. The van der Waals surface area contributed by atoms with Gasteiger partial charge >= 0.3 is 0 Å². The van der Waals surface area contributed by atoms with E-state index < -0.39 is 0 Å². The van der Waals surface area contributed by atoms with Crippen LogP contribution in [0, 0.1) is 13.8 Å². The van der Waals surface area contributed by atoms with Crippen LogP contribution in [0.5, 0.6) is 0 Å². The van der Waals surface area contributed by atoms with E-state index in [-0.39, 0.29) is 17.7 Å². The van der Waals surface area contributed by atoms with E-state index in [1.54, 1.807) is 0 Å². The fourth-order valence-corrected chi connectivity index (χ4v) is 4.69. The molecule has 0 radical (unpaired) electrons. The van der Waals surface area contributed by atoms with Crippen molar-refractivity contribution in [3.8, 4) is 0 Å². The molecule has 8 heteroatoms. The zero-order valence-corrected chi connectivity index (χ0v) is 23.2. The van der Waals surface area contributed by atoms with Gasteiger partial charge < -0.3 is 16.0 Å². The van der Waals surface area contributed by atoms with Gasteiger partial charge in [0.1, 0.15) is 0 Å². The summed E-state index contributed by atoms with van der Waals surface area (Å²) < 4.78 is 0. The third-order valence-electron chi connectivity index (χ3n) is 6.13. The minimum atomic E-state index is -0.258. The quantitative estimate of drug-likeness (QED) is 0.163. The standard InChI is InChI=1S/C32H30N6OS/c1-22-13-17-26(18-14-22)33-30-36-31(34-27-19-15-23(2)16-20-27)38-32(37-30)40-21-28(39)35-29(24-9-5-3-6-10-24)25-11-7-4-8-12-25/h3-20,29H,21H2,1-2H3,(H,35,39)(H2,33,34,36,37,38). The van der Waals surface area contributed by atoms with E-state index in [0.717, 1.165) is 33.6 Å². The maximum Gasteiger partial charge on any atom is 0.233 e. The molecule has 200 valence electrons. The number of hydrogen-bond donors (Lipinski definition) is 3. The van der Waals surface area contributed by atoms with Crippen LogP contribution in [0.2, 0.25) is 0 Å². The van der Waals surface area contributed by atoms with Gasteiger partial charge in [-0.15, -0.1) is 0 Å². The smallest absolute Gasteiger partial charge is 0.233 e. The maximum absolute atomic E-state index is 13.2. The summed E-state index contributed by atoms with van der Waals surface area (Å²) in [6.45, 7) is 4.08. The molecule has 0 spiro atoms. The second-order valence-corrected chi connectivity index (χ2v) is 10.3. The molecule has 0 saturated heterocycles. The molecule has 5 aromatic rings. The van der Waals surface area contributed by atoms with Crippen molar-refractivity contribution >= 4 is 40.9 Å². The molecule has 0 aliphatic rings. The molecule has 5 rings (SSSR count). The summed E-state index contributed by atoms with van der Waals surface area (Å²) in [5, 5.41) is 10.1. The zero-order valence-electron chi connectivity index (χ0n) is 22.3. The second-order valence-electron chi connectivity index (χ2n) is 9.36. The molecule has 40 heavy (non-hydrogen) atoms. The van der Waals surface area contributed by atoms with Crippen molar-refractivity contribution in [1.82, 2.24) is 20.3 Å². The summed E-state index contributed by atoms with van der Waals surface area (Å²) in [5.41, 5.74) is 6.08. The first-order valence-corrected chi connectivity index (χ1v) is 14.0. The van der Waals surface area contributed by atoms with Crippen LogP contribution >= 0.6 is 11.8 Å². The van der Waals surface area contributed by atoms with E-state index >= 15 is 0 Å². The summed E-state index contributed by atoms with van der Waals surface area (Å²) in [4.78, 5) is 26.9. The van der Waals surface area contributed by atoms with Gasteiger partial charge in [0.25, 0.3) is 0 Å². The molecule has 0 aliphatic heterocycles.